The van der Waals surface area contributed by atoms with Crippen LogP contribution in [0.5, 0.6) is 11.5 Å². The summed E-state index contributed by atoms with van der Waals surface area (Å²) >= 11 is 0. The molecule has 30 heavy (non-hydrogen) atoms. The first kappa shape index (κ1) is 18.9. The predicted octanol–water partition coefficient (Wildman–Crippen LogP) is 5.56. The van der Waals surface area contributed by atoms with Crippen LogP contribution in [0.15, 0.2) is 97.1 Å². The molecule has 0 unspecified atom stereocenters. The zero-order valence-corrected chi connectivity index (χ0v) is 16.1. The molecule has 0 saturated heterocycles. The van der Waals surface area contributed by atoms with Gasteiger partial charge in [-0.1, -0.05) is 66.1 Å². The number of benzene rings is 4. The molecule has 2 heteroatoms. The van der Waals surface area contributed by atoms with Crippen LogP contribution in [-0.2, 0) is 0 Å². The average molecular weight is 386 g/mol. The Labute approximate surface area is 176 Å². The Morgan fingerprint density at radius 2 is 1.03 bits per heavy atom. The van der Waals surface area contributed by atoms with Gasteiger partial charge in [0.05, 0.1) is 0 Å². The molecule has 0 fully saturated rings. The minimum Gasteiger partial charge on any atom is -0.508 e. The van der Waals surface area contributed by atoms with Crippen LogP contribution in [0, 0.1) is 23.7 Å². The minimum atomic E-state index is 0.214. The van der Waals surface area contributed by atoms with Gasteiger partial charge in [0.2, 0.25) is 0 Å². The maximum atomic E-state index is 9.49. The molecule has 0 heterocycles. The van der Waals surface area contributed by atoms with Crippen molar-refractivity contribution in [3.05, 3.63) is 119 Å². The van der Waals surface area contributed by atoms with Gasteiger partial charge in [-0.2, -0.15) is 0 Å². The average Bonchev–Trinajstić information content (AvgIpc) is 2.79. The Hall–Kier alpha value is -4.40. The van der Waals surface area contributed by atoms with Gasteiger partial charge < -0.3 is 10.2 Å². The van der Waals surface area contributed by atoms with Crippen LogP contribution in [0.2, 0.25) is 0 Å². The predicted molar refractivity (Wildman–Crippen MR) is 120 cm³/mol. The third-order valence-electron chi connectivity index (χ3n) is 4.56. The van der Waals surface area contributed by atoms with Gasteiger partial charge in [0, 0.05) is 22.3 Å². The standard InChI is InChI=1S/C28H18O2/c29-25-16-10-21(11-17-25)9-15-24-7-4-8-27(23-5-2-1-3-6-23)28(24)20-14-22-12-18-26(30)19-13-22/h1-8,10-13,16-19,29-30H. The molecule has 4 aromatic rings. The van der Waals surface area contributed by atoms with E-state index >= 15 is 0 Å². The topological polar surface area (TPSA) is 40.5 Å². The van der Waals surface area contributed by atoms with Crippen LogP contribution in [0.3, 0.4) is 0 Å². The zero-order valence-electron chi connectivity index (χ0n) is 16.1. The van der Waals surface area contributed by atoms with E-state index in [9.17, 15) is 10.2 Å². The molecule has 0 aliphatic heterocycles. The first-order valence-corrected chi connectivity index (χ1v) is 9.49. The Bertz CT molecular complexity index is 1280. The quantitative estimate of drug-likeness (QED) is 0.420. The molecule has 2 N–H and O–H groups in total. The molecule has 0 bridgehead atoms. The molecular weight excluding hydrogens is 368 g/mol. The molecule has 4 rings (SSSR count). The van der Waals surface area contributed by atoms with E-state index in [1.165, 1.54) is 0 Å². The van der Waals surface area contributed by atoms with Crippen molar-refractivity contribution in [2.75, 3.05) is 0 Å². The molecular formula is C28H18O2. The highest BCUT2D eigenvalue weighted by Crippen LogP contribution is 2.25. The van der Waals surface area contributed by atoms with Crippen molar-refractivity contribution >= 4 is 0 Å². The van der Waals surface area contributed by atoms with Gasteiger partial charge >= 0.3 is 0 Å². The fourth-order valence-electron chi connectivity index (χ4n) is 3.01. The van der Waals surface area contributed by atoms with Crippen molar-refractivity contribution in [2.24, 2.45) is 0 Å². The second kappa shape index (κ2) is 8.74. The molecule has 0 aliphatic rings. The molecule has 0 aromatic heterocycles. The molecule has 0 aliphatic carbocycles. The highest BCUT2D eigenvalue weighted by molar-refractivity contribution is 5.75. The van der Waals surface area contributed by atoms with Gasteiger partial charge in [-0.15, -0.1) is 0 Å². The third-order valence-corrected chi connectivity index (χ3v) is 4.56. The van der Waals surface area contributed by atoms with Gasteiger partial charge in [-0.05, 0) is 65.7 Å². The molecule has 142 valence electrons. The summed E-state index contributed by atoms with van der Waals surface area (Å²) in [6.07, 6.45) is 0. The van der Waals surface area contributed by atoms with Crippen molar-refractivity contribution in [2.45, 2.75) is 0 Å². The Kier molecular flexibility index (Phi) is 5.52. The van der Waals surface area contributed by atoms with Crippen LogP contribution in [0.25, 0.3) is 11.1 Å². The van der Waals surface area contributed by atoms with Crippen molar-refractivity contribution in [3.8, 4) is 46.3 Å². The maximum absolute atomic E-state index is 9.49. The number of rotatable bonds is 1. The molecule has 0 saturated carbocycles. The van der Waals surface area contributed by atoms with Crippen molar-refractivity contribution < 1.29 is 10.2 Å². The van der Waals surface area contributed by atoms with E-state index in [1.54, 1.807) is 48.5 Å². The van der Waals surface area contributed by atoms with Crippen molar-refractivity contribution in [1.29, 1.82) is 0 Å². The van der Waals surface area contributed by atoms with Gasteiger partial charge in [-0.25, -0.2) is 0 Å². The van der Waals surface area contributed by atoms with Gasteiger partial charge in [0.25, 0.3) is 0 Å². The van der Waals surface area contributed by atoms with E-state index in [0.29, 0.717) is 0 Å². The smallest absolute Gasteiger partial charge is 0.115 e. The molecule has 4 aromatic carbocycles. The zero-order chi connectivity index (χ0) is 20.8. The maximum Gasteiger partial charge on any atom is 0.115 e. The first-order valence-electron chi connectivity index (χ1n) is 9.49. The lowest BCUT2D eigenvalue weighted by molar-refractivity contribution is 0.474. The van der Waals surface area contributed by atoms with E-state index in [1.807, 2.05) is 36.4 Å². The number of hydrogen-bond acceptors (Lipinski definition) is 2. The lowest BCUT2D eigenvalue weighted by Crippen LogP contribution is -1.90. The van der Waals surface area contributed by atoms with E-state index in [2.05, 4.69) is 35.8 Å². The third kappa shape index (κ3) is 4.53. The summed E-state index contributed by atoms with van der Waals surface area (Å²) in [6.45, 7) is 0. The number of phenols is 2. The molecule has 0 atom stereocenters. The Balaban J connectivity index is 1.82. The lowest BCUT2D eigenvalue weighted by Gasteiger charge is -2.07. The normalized spacial score (nSPS) is 9.73. The van der Waals surface area contributed by atoms with Crippen LogP contribution in [0.1, 0.15) is 22.3 Å². The van der Waals surface area contributed by atoms with Crippen molar-refractivity contribution in [3.63, 3.8) is 0 Å². The van der Waals surface area contributed by atoms with Crippen LogP contribution >= 0.6 is 0 Å². The number of phenolic OH excluding ortho intramolecular Hbond substituents is 2. The van der Waals surface area contributed by atoms with Crippen LogP contribution in [-0.4, -0.2) is 10.2 Å². The van der Waals surface area contributed by atoms with E-state index < -0.39 is 0 Å². The number of hydrogen-bond donors (Lipinski definition) is 2. The Morgan fingerprint density at radius 1 is 0.467 bits per heavy atom. The van der Waals surface area contributed by atoms with Gasteiger partial charge in [0.15, 0.2) is 0 Å². The summed E-state index contributed by atoms with van der Waals surface area (Å²) in [4.78, 5) is 0. The second-order valence-electron chi connectivity index (χ2n) is 6.69. The molecule has 0 spiro atoms. The summed E-state index contributed by atoms with van der Waals surface area (Å²) in [5.74, 6) is 13.3. The second-order valence-corrected chi connectivity index (χ2v) is 6.69. The molecule has 2 nitrogen and oxygen atoms in total. The molecule has 0 amide bonds. The summed E-state index contributed by atoms with van der Waals surface area (Å²) in [5.41, 5.74) is 5.39. The van der Waals surface area contributed by atoms with Crippen LogP contribution in [0.4, 0.5) is 0 Å². The summed E-state index contributed by atoms with van der Waals surface area (Å²) in [6, 6.07) is 29.7. The molecule has 0 radical (unpaired) electrons. The summed E-state index contributed by atoms with van der Waals surface area (Å²) < 4.78 is 0. The largest absolute Gasteiger partial charge is 0.508 e. The highest BCUT2D eigenvalue weighted by Gasteiger charge is 2.07. The van der Waals surface area contributed by atoms with Gasteiger partial charge in [0.1, 0.15) is 11.5 Å². The number of aromatic hydroxyl groups is 2. The summed E-state index contributed by atoms with van der Waals surface area (Å²) in [5, 5.41) is 19.0. The van der Waals surface area contributed by atoms with E-state index in [0.717, 1.165) is 33.4 Å². The van der Waals surface area contributed by atoms with Crippen molar-refractivity contribution in [1.82, 2.24) is 0 Å². The minimum absolute atomic E-state index is 0.214. The van der Waals surface area contributed by atoms with E-state index in [4.69, 9.17) is 0 Å². The SMILES string of the molecule is Oc1ccc(C#Cc2cccc(-c3ccccc3)c2C#Cc2ccc(O)cc2)cc1. The van der Waals surface area contributed by atoms with E-state index in [-0.39, 0.29) is 11.5 Å². The highest BCUT2D eigenvalue weighted by atomic mass is 16.3. The Morgan fingerprint density at radius 3 is 1.63 bits per heavy atom. The lowest BCUT2D eigenvalue weighted by atomic mass is 9.95. The fourth-order valence-corrected chi connectivity index (χ4v) is 3.01. The van der Waals surface area contributed by atoms with Crippen LogP contribution < -0.4 is 0 Å². The van der Waals surface area contributed by atoms with Gasteiger partial charge in [-0.3, -0.25) is 0 Å². The monoisotopic (exact) mass is 386 g/mol. The fraction of sp³-hybridized carbons (Fsp3) is 0. The first-order chi connectivity index (χ1) is 14.7. The summed E-state index contributed by atoms with van der Waals surface area (Å²) in [7, 11) is 0.